The summed E-state index contributed by atoms with van der Waals surface area (Å²) in [5, 5.41) is 0. The average Bonchev–Trinajstić information content (AvgIpc) is 2.06. The van der Waals surface area contributed by atoms with Crippen molar-refractivity contribution < 1.29 is 4.74 Å². The Morgan fingerprint density at radius 2 is 2.36 bits per heavy atom. The quantitative estimate of drug-likeness (QED) is 0.694. The molecular weight excluding hydrogens is 158 g/mol. The molecule has 1 aromatic heterocycles. The number of pyridine rings is 1. The number of nitrogens with zero attached hydrogens (tertiary/aromatic N) is 1. The van der Waals surface area contributed by atoms with Gasteiger partial charge in [0, 0.05) is 11.8 Å². The van der Waals surface area contributed by atoms with Crippen molar-refractivity contribution in [2.24, 2.45) is 0 Å². The summed E-state index contributed by atoms with van der Waals surface area (Å²) in [7, 11) is 1.62. The maximum absolute atomic E-state index is 4.97. The summed E-state index contributed by atoms with van der Waals surface area (Å²) in [4.78, 5) is 4.21. The van der Waals surface area contributed by atoms with Crippen LogP contribution in [0.2, 0.25) is 0 Å². The van der Waals surface area contributed by atoms with Crippen LogP contribution in [-0.2, 0) is 6.42 Å². The molecule has 1 rings (SSSR count). The molecule has 0 aliphatic carbocycles. The zero-order valence-electron chi connectivity index (χ0n) is 6.45. The fourth-order valence-corrected chi connectivity index (χ4v) is 1.05. The van der Waals surface area contributed by atoms with Gasteiger partial charge < -0.3 is 4.74 Å². The molecule has 3 heteroatoms. The topological polar surface area (TPSA) is 22.1 Å². The van der Waals surface area contributed by atoms with Crippen molar-refractivity contribution in [2.75, 3.05) is 12.9 Å². The molecule has 0 atom stereocenters. The molecule has 0 aliphatic rings. The second kappa shape index (κ2) is 4.23. The third-order valence-corrected chi connectivity index (χ3v) is 1.58. The van der Waals surface area contributed by atoms with Crippen molar-refractivity contribution in [3.05, 3.63) is 23.9 Å². The first-order valence-electron chi connectivity index (χ1n) is 3.47. The van der Waals surface area contributed by atoms with Gasteiger partial charge in [0.1, 0.15) is 0 Å². The summed E-state index contributed by atoms with van der Waals surface area (Å²) in [5.41, 5.74) is 1.03. The molecule has 11 heavy (non-hydrogen) atoms. The SMILES string of the molecule is COc1cccc(CCS)n1. The van der Waals surface area contributed by atoms with Gasteiger partial charge in [-0.25, -0.2) is 4.98 Å². The first kappa shape index (κ1) is 8.40. The molecule has 0 saturated carbocycles. The molecule has 2 nitrogen and oxygen atoms in total. The molecule has 60 valence electrons. The van der Waals surface area contributed by atoms with Crippen LogP contribution in [0.15, 0.2) is 18.2 Å². The Labute approximate surface area is 72.0 Å². The van der Waals surface area contributed by atoms with Gasteiger partial charge in [0.15, 0.2) is 0 Å². The Morgan fingerprint density at radius 1 is 1.55 bits per heavy atom. The highest BCUT2D eigenvalue weighted by atomic mass is 32.1. The summed E-state index contributed by atoms with van der Waals surface area (Å²) in [6, 6.07) is 5.74. The van der Waals surface area contributed by atoms with Gasteiger partial charge in [0.05, 0.1) is 7.11 Å². The third kappa shape index (κ3) is 2.42. The predicted molar refractivity (Wildman–Crippen MR) is 48.3 cm³/mol. The van der Waals surface area contributed by atoms with E-state index in [0.717, 1.165) is 17.9 Å². The largest absolute Gasteiger partial charge is 0.481 e. The number of aryl methyl sites for hydroxylation is 1. The Bertz CT molecular complexity index is 227. The fraction of sp³-hybridized carbons (Fsp3) is 0.375. The van der Waals surface area contributed by atoms with E-state index in [1.54, 1.807) is 7.11 Å². The smallest absolute Gasteiger partial charge is 0.213 e. The van der Waals surface area contributed by atoms with Crippen LogP contribution < -0.4 is 4.74 Å². The second-order valence-electron chi connectivity index (χ2n) is 2.14. The molecule has 0 saturated heterocycles. The Morgan fingerprint density at radius 3 is 3.00 bits per heavy atom. The molecule has 0 aromatic carbocycles. The molecule has 1 aromatic rings. The van der Waals surface area contributed by atoms with E-state index >= 15 is 0 Å². The van der Waals surface area contributed by atoms with Gasteiger partial charge in [-0.1, -0.05) is 6.07 Å². The van der Waals surface area contributed by atoms with Gasteiger partial charge in [0.2, 0.25) is 5.88 Å². The molecule has 0 amide bonds. The van der Waals surface area contributed by atoms with Gasteiger partial charge in [-0.3, -0.25) is 0 Å². The minimum atomic E-state index is 0.671. The van der Waals surface area contributed by atoms with Gasteiger partial charge in [-0.05, 0) is 18.2 Å². The van der Waals surface area contributed by atoms with Crippen LogP contribution in [0.3, 0.4) is 0 Å². The number of rotatable bonds is 3. The monoisotopic (exact) mass is 169 g/mol. The zero-order chi connectivity index (χ0) is 8.10. The normalized spacial score (nSPS) is 9.64. The number of aromatic nitrogens is 1. The number of ether oxygens (including phenoxy) is 1. The fourth-order valence-electron chi connectivity index (χ4n) is 0.825. The van der Waals surface area contributed by atoms with Crippen LogP contribution in [0.5, 0.6) is 5.88 Å². The minimum Gasteiger partial charge on any atom is -0.481 e. The molecule has 0 N–H and O–H groups in total. The van der Waals surface area contributed by atoms with E-state index in [0.29, 0.717) is 5.88 Å². The summed E-state index contributed by atoms with van der Waals surface area (Å²) in [6.45, 7) is 0. The van der Waals surface area contributed by atoms with Gasteiger partial charge in [-0.15, -0.1) is 0 Å². The molecule has 0 aliphatic heterocycles. The standard InChI is InChI=1S/C8H11NOS/c1-10-8-4-2-3-7(9-8)5-6-11/h2-4,11H,5-6H2,1H3. The van der Waals surface area contributed by atoms with Gasteiger partial charge in [0.25, 0.3) is 0 Å². The average molecular weight is 169 g/mol. The molecule has 1 heterocycles. The second-order valence-corrected chi connectivity index (χ2v) is 2.59. The van der Waals surface area contributed by atoms with Crippen LogP contribution in [-0.4, -0.2) is 17.8 Å². The highest BCUT2D eigenvalue weighted by Gasteiger charge is 1.94. The van der Waals surface area contributed by atoms with Crippen molar-refractivity contribution in [1.82, 2.24) is 4.98 Å². The summed E-state index contributed by atoms with van der Waals surface area (Å²) >= 11 is 4.11. The van der Waals surface area contributed by atoms with Crippen LogP contribution in [0, 0.1) is 0 Å². The number of hydrogen-bond donors (Lipinski definition) is 1. The Hall–Kier alpha value is -0.700. The minimum absolute atomic E-state index is 0.671. The maximum Gasteiger partial charge on any atom is 0.213 e. The molecule has 0 unspecified atom stereocenters. The maximum atomic E-state index is 4.97. The van der Waals surface area contributed by atoms with Gasteiger partial charge in [-0.2, -0.15) is 12.6 Å². The number of thiol groups is 1. The first-order valence-corrected chi connectivity index (χ1v) is 4.11. The highest BCUT2D eigenvalue weighted by molar-refractivity contribution is 7.80. The van der Waals surface area contributed by atoms with E-state index in [-0.39, 0.29) is 0 Å². The molecule has 0 radical (unpaired) electrons. The Kier molecular flexibility index (Phi) is 3.23. The summed E-state index contributed by atoms with van der Waals surface area (Å²) in [6.07, 6.45) is 0.889. The third-order valence-electron chi connectivity index (χ3n) is 1.36. The molecular formula is C8H11NOS. The van der Waals surface area contributed by atoms with E-state index < -0.39 is 0 Å². The van der Waals surface area contributed by atoms with E-state index in [9.17, 15) is 0 Å². The van der Waals surface area contributed by atoms with Crippen molar-refractivity contribution in [1.29, 1.82) is 0 Å². The lowest BCUT2D eigenvalue weighted by Crippen LogP contribution is -1.93. The lowest BCUT2D eigenvalue weighted by atomic mass is 10.3. The summed E-state index contributed by atoms with van der Waals surface area (Å²) < 4.78 is 4.97. The van der Waals surface area contributed by atoms with E-state index in [1.807, 2.05) is 18.2 Å². The lowest BCUT2D eigenvalue weighted by Gasteiger charge is -2.00. The highest BCUT2D eigenvalue weighted by Crippen LogP contribution is 2.06. The van der Waals surface area contributed by atoms with E-state index in [4.69, 9.17) is 4.74 Å². The van der Waals surface area contributed by atoms with Crippen LogP contribution in [0.1, 0.15) is 5.69 Å². The van der Waals surface area contributed by atoms with Crippen LogP contribution in [0.4, 0.5) is 0 Å². The molecule has 0 fully saturated rings. The van der Waals surface area contributed by atoms with Crippen molar-refractivity contribution in [3.8, 4) is 5.88 Å². The van der Waals surface area contributed by atoms with Crippen LogP contribution in [0.25, 0.3) is 0 Å². The summed E-state index contributed by atoms with van der Waals surface area (Å²) in [5.74, 6) is 1.49. The van der Waals surface area contributed by atoms with Gasteiger partial charge >= 0.3 is 0 Å². The predicted octanol–water partition coefficient (Wildman–Crippen LogP) is 1.56. The first-order chi connectivity index (χ1) is 5.36. The number of hydrogen-bond acceptors (Lipinski definition) is 3. The van der Waals surface area contributed by atoms with Crippen molar-refractivity contribution in [2.45, 2.75) is 6.42 Å². The van der Waals surface area contributed by atoms with E-state index in [1.165, 1.54) is 0 Å². The number of methoxy groups -OCH3 is 1. The lowest BCUT2D eigenvalue weighted by molar-refractivity contribution is 0.396. The van der Waals surface area contributed by atoms with Crippen molar-refractivity contribution in [3.63, 3.8) is 0 Å². The Balaban J connectivity index is 2.74. The zero-order valence-corrected chi connectivity index (χ0v) is 7.34. The molecule has 0 spiro atoms. The van der Waals surface area contributed by atoms with Crippen molar-refractivity contribution >= 4 is 12.6 Å². The molecule has 0 bridgehead atoms. The van der Waals surface area contributed by atoms with Crippen LogP contribution >= 0.6 is 12.6 Å². The van der Waals surface area contributed by atoms with E-state index in [2.05, 4.69) is 17.6 Å².